The van der Waals surface area contributed by atoms with Crippen LogP contribution in [-0.2, 0) is 62.3 Å². The van der Waals surface area contributed by atoms with Gasteiger partial charge in [-0.1, -0.05) is 0 Å². The molecule has 56 heavy (non-hydrogen) atoms. The minimum atomic E-state index is -3.69. The zero-order valence-corrected chi connectivity index (χ0v) is 33.1. The number of benzene rings is 2. The fourth-order valence-corrected chi connectivity index (χ4v) is 5.74. The lowest BCUT2D eigenvalue weighted by atomic mass is 10.3. The van der Waals surface area contributed by atoms with Gasteiger partial charge in [-0.15, -0.1) is 0 Å². The van der Waals surface area contributed by atoms with Crippen molar-refractivity contribution in [2.24, 2.45) is 10.2 Å². The van der Waals surface area contributed by atoms with Crippen molar-refractivity contribution in [2.75, 3.05) is 131 Å². The first-order valence-corrected chi connectivity index (χ1v) is 19.9. The van der Waals surface area contributed by atoms with E-state index < -0.39 is 27.7 Å². The number of hydrogen-bond acceptors (Lipinski definition) is 16. The molecule has 2 aromatic rings. The van der Waals surface area contributed by atoms with Gasteiger partial charge in [-0.3, -0.25) is 14.4 Å². The van der Waals surface area contributed by atoms with E-state index in [2.05, 4.69) is 15.0 Å². The zero-order chi connectivity index (χ0) is 40.3. The fourth-order valence-electron chi connectivity index (χ4n) is 4.72. The first kappa shape index (κ1) is 46.6. The molecule has 1 N–H and O–H groups in total. The molecule has 0 aromatic heterocycles. The third-order valence-corrected chi connectivity index (χ3v) is 9.17. The number of rotatable bonds is 32. The Balaban J connectivity index is 1.01. The Morgan fingerprint density at radius 3 is 1.34 bits per heavy atom. The number of carbonyl (C=O) groups is 3. The first-order valence-electron chi connectivity index (χ1n) is 18.5. The highest BCUT2D eigenvalue weighted by atomic mass is 32.2. The molecule has 1 heterocycles. The number of anilines is 1. The van der Waals surface area contributed by atoms with Crippen molar-refractivity contribution < 1.29 is 60.7 Å². The van der Waals surface area contributed by atoms with E-state index in [-0.39, 0.29) is 50.5 Å². The molecule has 0 spiro atoms. The molecular formula is C37H55N5O13S. The molecule has 0 bridgehead atoms. The Morgan fingerprint density at radius 1 is 0.589 bits per heavy atom. The number of carbonyl (C=O) groups excluding carboxylic acids is 3. The molecule has 3 rings (SSSR count). The number of azo groups is 1. The second-order valence-corrected chi connectivity index (χ2v) is 13.9. The standard InChI is InChI=1S/C37H55N5O13S/c1-41(2)33-7-3-31(4-8-33)39-40-32-5-9-34(10-6-32)56(46,47)38-14-16-49-18-20-51-22-24-53-26-28-55-30-29-54-27-25-52-23-21-50-19-17-48-15-13-37(45)42-35(43)11-12-36(42)44/h3-10,38H,11-30H2,1-2H3. The fraction of sp³-hybridized carbons (Fsp3) is 0.595. The molecule has 1 aliphatic heterocycles. The van der Waals surface area contributed by atoms with Crippen molar-refractivity contribution in [3.63, 3.8) is 0 Å². The van der Waals surface area contributed by atoms with Crippen LogP contribution in [0.1, 0.15) is 19.3 Å². The summed E-state index contributed by atoms with van der Waals surface area (Å²) >= 11 is 0. The highest BCUT2D eigenvalue weighted by molar-refractivity contribution is 7.89. The minimum absolute atomic E-state index is 0.0302. The van der Waals surface area contributed by atoms with E-state index >= 15 is 0 Å². The number of nitrogens with zero attached hydrogens (tertiary/aromatic N) is 4. The van der Waals surface area contributed by atoms with Crippen molar-refractivity contribution in [1.29, 1.82) is 0 Å². The lowest BCUT2D eigenvalue weighted by Gasteiger charge is -2.11. The number of sulfonamides is 1. The van der Waals surface area contributed by atoms with Gasteiger partial charge in [-0.25, -0.2) is 18.0 Å². The van der Waals surface area contributed by atoms with E-state index in [1.54, 1.807) is 12.1 Å². The highest BCUT2D eigenvalue weighted by Gasteiger charge is 2.33. The summed E-state index contributed by atoms with van der Waals surface area (Å²) in [5, 5.41) is 8.37. The molecule has 0 saturated carbocycles. The SMILES string of the molecule is CN(C)c1ccc(N=Nc2ccc(S(=O)(=O)NCCOCCOCCOCCOCCOCCOCCOCCOCCC(=O)N3C(=O)CCC3=O)cc2)cc1. The molecule has 1 fully saturated rings. The summed E-state index contributed by atoms with van der Waals surface area (Å²) < 4.78 is 71.1. The molecule has 0 atom stereocenters. The van der Waals surface area contributed by atoms with Crippen LogP contribution in [0.25, 0.3) is 0 Å². The van der Waals surface area contributed by atoms with Gasteiger partial charge in [0.25, 0.3) is 0 Å². The zero-order valence-electron chi connectivity index (χ0n) is 32.3. The first-order chi connectivity index (χ1) is 27.2. The maximum Gasteiger partial charge on any atom is 0.240 e. The van der Waals surface area contributed by atoms with Gasteiger partial charge in [0.1, 0.15) is 0 Å². The summed E-state index contributed by atoms with van der Waals surface area (Å²) in [5.41, 5.74) is 2.29. The topological polar surface area (TPSA) is 202 Å². The molecule has 2 aromatic carbocycles. The van der Waals surface area contributed by atoms with Gasteiger partial charge in [0.15, 0.2) is 0 Å². The van der Waals surface area contributed by atoms with Crippen LogP contribution in [0.3, 0.4) is 0 Å². The number of hydrogen-bond donors (Lipinski definition) is 1. The van der Waals surface area contributed by atoms with E-state index in [0.29, 0.717) is 102 Å². The van der Waals surface area contributed by atoms with E-state index in [4.69, 9.17) is 37.9 Å². The summed E-state index contributed by atoms with van der Waals surface area (Å²) in [6.07, 6.45) is 0.142. The van der Waals surface area contributed by atoms with Gasteiger partial charge < -0.3 is 42.8 Å². The Bertz CT molecular complexity index is 1550. The Hall–Kier alpha value is -3.76. The molecule has 18 nitrogen and oxygen atoms in total. The van der Waals surface area contributed by atoms with Gasteiger partial charge in [-0.05, 0) is 48.5 Å². The number of imide groups is 3. The van der Waals surface area contributed by atoms with Crippen LogP contribution in [-0.4, -0.2) is 157 Å². The van der Waals surface area contributed by atoms with E-state index in [1.807, 2.05) is 43.3 Å². The molecule has 312 valence electrons. The molecule has 0 unspecified atom stereocenters. The van der Waals surface area contributed by atoms with Crippen LogP contribution in [0.2, 0.25) is 0 Å². The van der Waals surface area contributed by atoms with Gasteiger partial charge in [0.2, 0.25) is 27.7 Å². The maximum atomic E-state index is 12.6. The van der Waals surface area contributed by atoms with Gasteiger partial charge in [0, 0.05) is 39.2 Å². The Kier molecular flexibility index (Phi) is 23.1. The summed E-state index contributed by atoms with van der Waals surface area (Å²) in [4.78, 5) is 37.8. The molecule has 19 heteroatoms. The molecule has 1 saturated heterocycles. The van der Waals surface area contributed by atoms with Crippen molar-refractivity contribution >= 4 is 44.8 Å². The molecule has 3 amide bonds. The van der Waals surface area contributed by atoms with Crippen LogP contribution in [0.5, 0.6) is 0 Å². The molecule has 0 radical (unpaired) electrons. The van der Waals surface area contributed by atoms with Crippen molar-refractivity contribution in [3.05, 3.63) is 48.5 Å². The smallest absolute Gasteiger partial charge is 0.240 e. The van der Waals surface area contributed by atoms with Crippen molar-refractivity contribution in [2.45, 2.75) is 24.2 Å². The van der Waals surface area contributed by atoms with Crippen LogP contribution in [0.4, 0.5) is 17.1 Å². The molecular weight excluding hydrogens is 754 g/mol. The largest absolute Gasteiger partial charge is 0.379 e. The summed E-state index contributed by atoms with van der Waals surface area (Å²) in [7, 11) is 0.226. The lowest BCUT2D eigenvalue weighted by molar-refractivity contribution is -0.149. The molecule has 0 aliphatic carbocycles. The summed E-state index contributed by atoms with van der Waals surface area (Å²) in [6.45, 7) is 5.85. The quantitative estimate of drug-likeness (QED) is 0.0642. The monoisotopic (exact) mass is 809 g/mol. The predicted octanol–water partition coefficient (Wildman–Crippen LogP) is 2.64. The van der Waals surface area contributed by atoms with E-state index in [0.717, 1.165) is 5.69 Å². The maximum absolute atomic E-state index is 12.6. The van der Waals surface area contributed by atoms with Crippen LogP contribution in [0, 0.1) is 0 Å². The average Bonchev–Trinajstić information content (AvgIpc) is 3.53. The van der Waals surface area contributed by atoms with Crippen LogP contribution < -0.4 is 9.62 Å². The summed E-state index contributed by atoms with van der Waals surface area (Å²) in [5.74, 6) is -1.43. The normalized spacial score (nSPS) is 13.4. The van der Waals surface area contributed by atoms with Crippen molar-refractivity contribution in [3.8, 4) is 0 Å². The average molecular weight is 810 g/mol. The van der Waals surface area contributed by atoms with Crippen molar-refractivity contribution in [1.82, 2.24) is 9.62 Å². The number of likely N-dealkylation sites (tertiary alicyclic amines) is 1. The highest BCUT2D eigenvalue weighted by Crippen LogP contribution is 2.22. The lowest BCUT2D eigenvalue weighted by Crippen LogP contribution is -2.36. The van der Waals surface area contributed by atoms with Crippen LogP contribution >= 0.6 is 0 Å². The summed E-state index contributed by atoms with van der Waals surface area (Å²) in [6, 6.07) is 13.8. The van der Waals surface area contributed by atoms with Gasteiger partial charge in [0.05, 0.1) is 128 Å². The van der Waals surface area contributed by atoms with Gasteiger partial charge >= 0.3 is 0 Å². The van der Waals surface area contributed by atoms with Gasteiger partial charge in [-0.2, -0.15) is 10.2 Å². The number of amides is 3. The predicted molar refractivity (Wildman–Crippen MR) is 204 cm³/mol. The van der Waals surface area contributed by atoms with Crippen LogP contribution in [0.15, 0.2) is 63.7 Å². The Labute approximate surface area is 328 Å². The third-order valence-electron chi connectivity index (χ3n) is 7.70. The second kappa shape index (κ2) is 27.8. The number of nitrogens with one attached hydrogen (secondary N) is 1. The minimum Gasteiger partial charge on any atom is -0.379 e. The van der Waals surface area contributed by atoms with E-state index in [1.165, 1.54) is 12.1 Å². The third kappa shape index (κ3) is 19.4. The molecule has 1 aliphatic rings. The van der Waals surface area contributed by atoms with E-state index in [9.17, 15) is 22.8 Å². The second-order valence-electron chi connectivity index (χ2n) is 12.2. The Morgan fingerprint density at radius 2 is 0.946 bits per heavy atom. The number of ether oxygens (including phenoxy) is 8.